The van der Waals surface area contributed by atoms with Gasteiger partial charge in [-0.2, -0.15) is 0 Å². The van der Waals surface area contributed by atoms with E-state index in [0.29, 0.717) is 5.56 Å². The zero-order valence-electron chi connectivity index (χ0n) is 17.0. The highest BCUT2D eigenvalue weighted by Crippen LogP contribution is 2.43. The van der Waals surface area contributed by atoms with Gasteiger partial charge in [-0.05, 0) is 17.0 Å². The topological polar surface area (TPSA) is 136 Å². The molecule has 0 fully saturated rings. The molecule has 5 N–H and O–H groups in total. The van der Waals surface area contributed by atoms with Crippen LogP contribution in [0, 0.1) is 5.92 Å². The molecular weight excluding hydrogens is 405 g/mol. The van der Waals surface area contributed by atoms with Crippen molar-refractivity contribution in [3.8, 4) is 0 Å². The third-order valence-electron chi connectivity index (χ3n) is 4.65. The summed E-state index contributed by atoms with van der Waals surface area (Å²) < 4.78 is 18.0. The van der Waals surface area contributed by atoms with Gasteiger partial charge in [0.15, 0.2) is 0 Å². The number of benzene rings is 2. The molecule has 3 unspecified atom stereocenters. The highest BCUT2D eigenvalue weighted by Gasteiger charge is 2.44. The Balaban J connectivity index is 2.41. The second-order valence-corrected chi connectivity index (χ2v) is 9.32. The molecule has 9 heteroatoms. The van der Waals surface area contributed by atoms with Crippen molar-refractivity contribution in [3.63, 3.8) is 0 Å². The van der Waals surface area contributed by atoms with Crippen LogP contribution in [0.5, 0.6) is 0 Å². The van der Waals surface area contributed by atoms with Crippen molar-refractivity contribution >= 4 is 19.5 Å². The zero-order chi connectivity index (χ0) is 22.3. The Morgan fingerprint density at radius 1 is 1.03 bits per heavy atom. The second kappa shape index (κ2) is 10.4. The van der Waals surface area contributed by atoms with Gasteiger partial charge in [-0.15, -0.1) is 0 Å². The van der Waals surface area contributed by atoms with Gasteiger partial charge in [-0.1, -0.05) is 74.5 Å². The number of carbonyl (C=O) groups excluding carboxylic acids is 2. The zero-order valence-corrected chi connectivity index (χ0v) is 17.9. The first-order valence-corrected chi connectivity index (χ1v) is 11.3. The fourth-order valence-corrected chi connectivity index (χ4v) is 4.30. The number of nitrogens with two attached hydrogens (primary N) is 2. The van der Waals surface area contributed by atoms with Gasteiger partial charge in [0, 0.05) is 6.42 Å². The van der Waals surface area contributed by atoms with Crippen LogP contribution in [0.15, 0.2) is 60.7 Å². The molecule has 162 valence electrons. The number of amides is 2. The van der Waals surface area contributed by atoms with Crippen LogP contribution < -0.4 is 11.2 Å². The van der Waals surface area contributed by atoms with Crippen LogP contribution in [0.1, 0.15) is 25.0 Å². The summed E-state index contributed by atoms with van der Waals surface area (Å²) in [7, 11) is -4.36. The maximum absolute atomic E-state index is 13.1. The van der Waals surface area contributed by atoms with Crippen molar-refractivity contribution in [2.75, 3.05) is 0 Å². The molecule has 8 nitrogen and oxygen atoms in total. The van der Waals surface area contributed by atoms with Crippen LogP contribution in [0.25, 0.3) is 0 Å². The highest BCUT2D eigenvalue weighted by atomic mass is 31.2. The van der Waals surface area contributed by atoms with Gasteiger partial charge < -0.3 is 15.4 Å². The molecule has 2 rings (SSSR count). The average Bonchev–Trinajstić information content (AvgIpc) is 2.69. The molecule has 30 heavy (non-hydrogen) atoms. The minimum atomic E-state index is -4.36. The van der Waals surface area contributed by atoms with Crippen LogP contribution in [-0.4, -0.2) is 33.6 Å². The Morgan fingerprint density at radius 2 is 1.53 bits per heavy atom. The third-order valence-corrected chi connectivity index (χ3v) is 5.93. The quantitative estimate of drug-likeness (QED) is 0.520. The van der Waals surface area contributed by atoms with Gasteiger partial charge in [-0.25, -0.2) is 4.79 Å². The second-order valence-electron chi connectivity index (χ2n) is 7.38. The molecule has 0 spiro atoms. The average molecular weight is 433 g/mol. The van der Waals surface area contributed by atoms with Crippen molar-refractivity contribution in [1.29, 1.82) is 0 Å². The molecule has 2 aromatic carbocycles. The molecule has 3 atom stereocenters. The van der Waals surface area contributed by atoms with E-state index in [4.69, 9.17) is 16.0 Å². The normalized spacial score (nSPS) is 15.1. The molecule has 2 aromatic rings. The Bertz CT molecular complexity index is 886. The van der Waals surface area contributed by atoms with Crippen LogP contribution in [-0.2, 0) is 27.1 Å². The summed E-state index contributed by atoms with van der Waals surface area (Å²) in [5, 5.41) is 0. The SMILES string of the molecule is CC(C)C(C(N)=O)N(C(=O)OCc1ccccc1)C(Cc1ccccc1)P(N)(=O)O. The van der Waals surface area contributed by atoms with Gasteiger partial charge in [-0.3, -0.25) is 19.8 Å². The molecule has 0 aliphatic heterocycles. The summed E-state index contributed by atoms with van der Waals surface area (Å²) in [4.78, 5) is 36.5. The summed E-state index contributed by atoms with van der Waals surface area (Å²) in [5.41, 5.74) is 12.6. The lowest BCUT2D eigenvalue weighted by Gasteiger charge is -2.38. The van der Waals surface area contributed by atoms with E-state index < -0.39 is 37.3 Å². The summed E-state index contributed by atoms with van der Waals surface area (Å²) in [6, 6.07) is 16.6. The Hall–Kier alpha value is -2.67. The van der Waals surface area contributed by atoms with Crippen molar-refractivity contribution in [2.24, 2.45) is 17.2 Å². The molecule has 0 aliphatic rings. The maximum Gasteiger partial charge on any atom is 0.411 e. The lowest BCUT2D eigenvalue weighted by molar-refractivity contribution is -0.124. The molecule has 0 radical (unpaired) electrons. The smallest absolute Gasteiger partial charge is 0.411 e. The molecule has 0 aromatic heterocycles. The Morgan fingerprint density at radius 3 is 1.97 bits per heavy atom. The fraction of sp³-hybridized carbons (Fsp3) is 0.333. The minimum Gasteiger partial charge on any atom is -0.445 e. The molecule has 0 heterocycles. The number of carbonyl (C=O) groups is 2. The number of nitrogens with zero attached hydrogens (tertiary/aromatic N) is 1. The lowest BCUT2D eigenvalue weighted by Crippen LogP contribution is -2.56. The van der Waals surface area contributed by atoms with E-state index in [1.54, 1.807) is 68.4 Å². The van der Waals surface area contributed by atoms with Crippen LogP contribution in [0.4, 0.5) is 4.79 Å². The van der Waals surface area contributed by atoms with Gasteiger partial charge in [0.2, 0.25) is 5.91 Å². The largest absolute Gasteiger partial charge is 0.445 e. The first kappa shape index (κ1) is 23.6. The van der Waals surface area contributed by atoms with Crippen LogP contribution in [0.2, 0.25) is 0 Å². The van der Waals surface area contributed by atoms with E-state index in [1.165, 1.54) is 0 Å². The number of hydrogen-bond acceptors (Lipinski definition) is 4. The molecule has 0 saturated carbocycles. The highest BCUT2D eigenvalue weighted by molar-refractivity contribution is 7.56. The maximum atomic E-state index is 13.1. The van der Waals surface area contributed by atoms with Gasteiger partial charge >= 0.3 is 6.09 Å². The predicted molar refractivity (Wildman–Crippen MR) is 114 cm³/mol. The van der Waals surface area contributed by atoms with Crippen molar-refractivity contribution in [1.82, 2.24) is 4.90 Å². The predicted octanol–water partition coefficient (Wildman–Crippen LogP) is 2.85. The van der Waals surface area contributed by atoms with Gasteiger partial charge in [0.05, 0.1) is 0 Å². The molecule has 0 bridgehead atoms. The van der Waals surface area contributed by atoms with Gasteiger partial charge in [0.1, 0.15) is 18.4 Å². The summed E-state index contributed by atoms with van der Waals surface area (Å²) in [6.07, 6.45) is -0.973. The molecule has 0 saturated heterocycles. The van der Waals surface area contributed by atoms with E-state index in [0.717, 1.165) is 10.5 Å². The third kappa shape index (κ3) is 6.42. The summed E-state index contributed by atoms with van der Waals surface area (Å²) in [5.74, 6) is -2.63. The number of ether oxygens (including phenoxy) is 1. The van der Waals surface area contributed by atoms with E-state index in [-0.39, 0.29) is 13.0 Å². The number of hydrogen-bond donors (Lipinski definition) is 3. The first-order valence-electron chi connectivity index (χ1n) is 9.54. The monoisotopic (exact) mass is 433 g/mol. The molecule has 2 amide bonds. The summed E-state index contributed by atoms with van der Waals surface area (Å²) in [6.45, 7) is 3.30. The van der Waals surface area contributed by atoms with Crippen molar-refractivity contribution in [3.05, 3.63) is 71.8 Å². The number of rotatable bonds is 9. The van der Waals surface area contributed by atoms with E-state index in [2.05, 4.69) is 0 Å². The Kier molecular flexibility index (Phi) is 8.17. The van der Waals surface area contributed by atoms with Crippen molar-refractivity contribution in [2.45, 2.75) is 38.7 Å². The fourth-order valence-electron chi connectivity index (χ4n) is 3.23. The van der Waals surface area contributed by atoms with Crippen LogP contribution in [0.3, 0.4) is 0 Å². The minimum absolute atomic E-state index is 0.0396. The van der Waals surface area contributed by atoms with Crippen molar-refractivity contribution < 1.29 is 23.8 Å². The summed E-state index contributed by atoms with van der Waals surface area (Å²) >= 11 is 0. The van der Waals surface area contributed by atoms with E-state index in [1.807, 2.05) is 6.07 Å². The van der Waals surface area contributed by atoms with E-state index >= 15 is 0 Å². The first-order chi connectivity index (χ1) is 14.1. The molecule has 0 aliphatic carbocycles. The molecular formula is C21H28N3O5P. The lowest BCUT2D eigenvalue weighted by atomic mass is 10.0. The Labute approximate surface area is 176 Å². The standard InChI is InChI=1S/C21H28N3O5P/c1-15(2)19(20(22)25)24(21(26)29-14-17-11-7-4-8-12-17)18(30(23,27)28)13-16-9-5-3-6-10-16/h3-12,15,18-19H,13-14H2,1-2H3,(H2,22,25)(H3,23,27,28). The van der Waals surface area contributed by atoms with E-state index in [9.17, 15) is 19.0 Å². The van der Waals surface area contributed by atoms with Crippen LogP contribution >= 0.6 is 7.52 Å². The van der Waals surface area contributed by atoms with Gasteiger partial charge in [0.25, 0.3) is 7.52 Å². The number of primary amides is 1.